The highest BCUT2D eigenvalue weighted by atomic mass is 79.9. The molecule has 6 nitrogen and oxygen atoms in total. The van der Waals surface area contributed by atoms with Gasteiger partial charge in [-0.2, -0.15) is 0 Å². The van der Waals surface area contributed by atoms with Crippen LogP contribution in [0.4, 0.5) is 11.4 Å². The maximum Gasteiger partial charge on any atom is 0.265 e. The zero-order chi connectivity index (χ0) is 20.3. The molecule has 0 saturated carbocycles. The summed E-state index contributed by atoms with van der Waals surface area (Å²) in [7, 11) is -2.69. The van der Waals surface area contributed by atoms with Crippen LogP contribution >= 0.6 is 15.9 Å². The number of para-hydroxylation sites is 3. The monoisotopic (exact) mass is 460 g/mol. The van der Waals surface area contributed by atoms with Crippen molar-refractivity contribution in [3.8, 4) is 5.75 Å². The SMILES string of the molecule is CN(c1ccccc1O)S(=O)(=O)c1cc(C(=O)Nc2ccccc2)ccc1Br. The van der Waals surface area contributed by atoms with E-state index in [1.165, 1.54) is 37.4 Å². The molecule has 8 heteroatoms. The van der Waals surface area contributed by atoms with Gasteiger partial charge in [-0.3, -0.25) is 9.10 Å². The van der Waals surface area contributed by atoms with Crippen LogP contribution in [0.5, 0.6) is 5.75 Å². The minimum Gasteiger partial charge on any atom is -0.506 e. The molecule has 0 heterocycles. The first-order valence-corrected chi connectivity index (χ1v) is 10.5. The fourth-order valence-corrected chi connectivity index (χ4v) is 4.73. The highest BCUT2D eigenvalue weighted by Crippen LogP contribution is 2.33. The Morgan fingerprint density at radius 2 is 1.64 bits per heavy atom. The molecular formula is C20H17BrN2O4S. The third kappa shape index (κ3) is 4.02. The molecule has 0 aliphatic heterocycles. The van der Waals surface area contributed by atoms with Gasteiger partial charge in [-0.1, -0.05) is 30.3 Å². The van der Waals surface area contributed by atoms with Crippen LogP contribution in [0.1, 0.15) is 10.4 Å². The highest BCUT2D eigenvalue weighted by Gasteiger charge is 2.26. The number of nitrogens with zero attached hydrogens (tertiary/aromatic N) is 1. The van der Waals surface area contributed by atoms with Gasteiger partial charge in [-0.25, -0.2) is 8.42 Å². The van der Waals surface area contributed by atoms with Gasteiger partial charge in [-0.15, -0.1) is 0 Å². The van der Waals surface area contributed by atoms with E-state index in [9.17, 15) is 18.3 Å². The van der Waals surface area contributed by atoms with E-state index in [0.29, 0.717) is 10.2 Å². The lowest BCUT2D eigenvalue weighted by molar-refractivity contribution is 0.102. The number of benzene rings is 3. The van der Waals surface area contributed by atoms with Crippen LogP contribution in [0.2, 0.25) is 0 Å². The van der Waals surface area contributed by atoms with Crippen molar-refractivity contribution in [1.29, 1.82) is 0 Å². The Morgan fingerprint density at radius 3 is 2.32 bits per heavy atom. The smallest absolute Gasteiger partial charge is 0.265 e. The van der Waals surface area contributed by atoms with E-state index in [0.717, 1.165) is 4.31 Å². The highest BCUT2D eigenvalue weighted by molar-refractivity contribution is 9.10. The summed E-state index contributed by atoms with van der Waals surface area (Å²) >= 11 is 3.24. The van der Waals surface area contributed by atoms with Crippen LogP contribution in [-0.4, -0.2) is 26.5 Å². The molecule has 0 aromatic heterocycles. The molecule has 0 radical (unpaired) electrons. The van der Waals surface area contributed by atoms with E-state index in [2.05, 4.69) is 21.2 Å². The first kappa shape index (κ1) is 19.9. The topological polar surface area (TPSA) is 86.7 Å². The van der Waals surface area contributed by atoms with E-state index >= 15 is 0 Å². The number of amides is 1. The van der Waals surface area contributed by atoms with Gasteiger partial charge >= 0.3 is 0 Å². The number of rotatable bonds is 5. The predicted octanol–water partition coefficient (Wildman–Crippen LogP) is 4.23. The van der Waals surface area contributed by atoms with Gasteiger partial charge in [-0.05, 0) is 58.4 Å². The first-order chi connectivity index (χ1) is 13.3. The lowest BCUT2D eigenvalue weighted by Gasteiger charge is -2.21. The molecule has 0 aliphatic rings. The number of carbonyl (C=O) groups is 1. The van der Waals surface area contributed by atoms with E-state index in [1.54, 1.807) is 36.4 Å². The molecule has 0 atom stereocenters. The summed E-state index contributed by atoms with van der Waals surface area (Å²) in [6.07, 6.45) is 0. The number of carbonyl (C=O) groups excluding carboxylic acids is 1. The molecule has 0 unspecified atom stereocenters. The summed E-state index contributed by atoms with van der Waals surface area (Å²) in [5.74, 6) is -0.594. The van der Waals surface area contributed by atoms with E-state index in [4.69, 9.17) is 0 Å². The van der Waals surface area contributed by atoms with Gasteiger partial charge in [0.2, 0.25) is 0 Å². The van der Waals surface area contributed by atoms with Crippen LogP contribution in [0.25, 0.3) is 0 Å². The van der Waals surface area contributed by atoms with Gasteiger partial charge in [0.25, 0.3) is 15.9 Å². The number of sulfonamides is 1. The number of nitrogens with one attached hydrogen (secondary N) is 1. The Kier molecular flexibility index (Phi) is 5.71. The number of hydrogen-bond donors (Lipinski definition) is 2. The Morgan fingerprint density at radius 1 is 1.00 bits per heavy atom. The van der Waals surface area contributed by atoms with Crippen molar-refractivity contribution in [2.45, 2.75) is 4.90 Å². The zero-order valence-electron chi connectivity index (χ0n) is 14.8. The van der Waals surface area contributed by atoms with E-state index in [-0.39, 0.29) is 21.9 Å². The molecule has 3 rings (SSSR count). The van der Waals surface area contributed by atoms with Crippen molar-refractivity contribution in [1.82, 2.24) is 0 Å². The second-order valence-electron chi connectivity index (χ2n) is 5.93. The molecule has 0 spiro atoms. The molecule has 0 saturated heterocycles. The van der Waals surface area contributed by atoms with Crippen molar-refractivity contribution in [3.05, 3.63) is 82.8 Å². The number of phenols is 1. The van der Waals surface area contributed by atoms with Crippen LogP contribution < -0.4 is 9.62 Å². The van der Waals surface area contributed by atoms with Gasteiger partial charge in [0.1, 0.15) is 10.6 Å². The lowest BCUT2D eigenvalue weighted by atomic mass is 10.2. The molecule has 2 N–H and O–H groups in total. The number of phenolic OH excluding ortho intramolecular Hbond substituents is 1. The third-order valence-corrected chi connectivity index (χ3v) is 6.85. The van der Waals surface area contributed by atoms with Gasteiger partial charge in [0.05, 0.1) is 5.69 Å². The summed E-state index contributed by atoms with van der Waals surface area (Å²) < 4.78 is 27.5. The van der Waals surface area contributed by atoms with Gasteiger partial charge in [0, 0.05) is 22.8 Å². The van der Waals surface area contributed by atoms with Gasteiger partial charge < -0.3 is 10.4 Å². The fraction of sp³-hybridized carbons (Fsp3) is 0.0500. The van der Waals surface area contributed by atoms with Crippen LogP contribution in [-0.2, 0) is 10.0 Å². The molecule has 3 aromatic rings. The normalized spacial score (nSPS) is 11.1. The van der Waals surface area contributed by atoms with Crippen molar-refractivity contribution < 1.29 is 18.3 Å². The Hall–Kier alpha value is -2.84. The summed E-state index contributed by atoms with van der Waals surface area (Å²) in [5.41, 5.74) is 0.927. The summed E-state index contributed by atoms with van der Waals surface area (Å²) in [5, 5.41) is 12.7. The minimum absolute atomic E-state index is 0.0843. The second-order valence-corrected chi connectivity index (χ2v) is 8.72. The Labute approximate surface area is 171 Å². The van der Waals surface area contributed by atoms with Crippen molar-refractivity contribution >= 4 is 43.2 Å². The summed E-state index contributed by atoms with van der Waals surface area (Å²) in [4.78, 5) is 12.4. The molecular weight excluding hydrogens is 444 g/mol. The Bertz CT molecular complexity index is 1120. The standard InChI is InChI=1S/C20H17BrN2O4S/c1-23(17-9-5-6-10-18(17)24)28(26,27)19-13-14(11-12-16(19)21)20(25)22-15-7-3-2-4-8-15/h2-13,24H,1H3,(H,22,25). The minimum atomic E-state index is -4.03. The quantitative estimate of drug-likeness (QED) is 0.596. The van der Waals surface area contributed by atoms with Crippen molar-refractivity contribution in [2.24, 2.45) is 0 Å². The van der Waals surface area contributed by atoms with Crippen LogP contribution in [0.3, 0.4) is 0 Å². The maximum atomic E-state index is 13.1. The molecule has 0 bridgehead atoms. The molecule has 3 aromatic carbocycles. The molecule has 1 amide bonds. The largest absolute Gasteiger partial charge is 0.506 e. The molecule has 0 aliphatic carbocycles. The maximum absolute atomic E-state index is 13.1. The van der Waals surface area contributed by atoms with Gasteiger partial charge in [0.15, 0.2) is 0 Å². The molecule has 0 fully saturated rings. The Balaban J connectivity index is 1.96. The van der Waals surface area contributed by atoms with E-state index in [1.807, 2.05) is 6.07 Å². The molecule has 28 heavy (non-hydrogen) atoms. The first-order valence-electron chi connectivity index (χ1n) is 8.23. The predicted molar refractivity (Wildman–Crippen MR) is 112 cm³/mol. The average Bonchev–Trinajstić information content (AvgIpc) is 2.68. The van der Waals surface area contributed by atoms with Crippen molar-refractivity contribution in [2.75, 3.05) is 16.7 Å². The number of anilines is 2. The summed E-state index contributed by atoms with van der Waals surface area (Å²) in [6, 6.07) is 19.3. The summed E-state index contributed by atoms with van der Waals surface area (Å²) in [6.45, 7) is 0. The molecule has 144 valence electrons. The number of aromatic hydroxyl groups is 1. The third-order valence-electron chi connectivity index (χ3n) is 4.08. The van der Waals surface area contributed by atoms with E-state index < -0.39 is 15.9 Å². The second kappa shape index (κ2) is 8.04. The number of hydrogen-bond acceptors (Lipinski definition) is 4. The van der Waals surface area contributed by atoms with Crippen LogP contribution in [0, 0.1) is 0 Å². The zero-order valence-corrected chi connectivity index (χ0v) is 17.2. The lowest BCUT2D eigenvalue weighted by Crippen LogP contribution is -2.27. The average molecular weight is 461 g/mol. The van der Waals surface area contributed by atoms with Crippen molar-refractivity contribution in [3.63, 3.8) is 0 Å². The number of halogens is 1. The van der Waals surface area contributed by atoms with Crippen LogP contribution in [0.15, 0.2) is 82.2 Å². The fourth-order valence-electron chi connectivity index (χ4n) is 2.57.